The molecule has 0 aromatic rings. The lowest BCUT2D eigenvalue weighted by Crippen LogP contribution is -2.55. The lowest BCUT2D eigenvalue weighted by molar-refractivity contribution is -0.141. The Kier molecular flexibility index (Phi) is 5.38. The minimum atomic E-state index is -0.984. The van der Waals surface area contributed by atoms with Crippen LogP contribution in [0.3, 0.4) is 0 Å². The summed E-state index contributed by atoms with van der Waals surface area (Å²) >= 11 is 0. The van der Waals surface area contributed by atoms with E-state index in [4.69, 9.17) is 9.84 Å². The topological polar surface area (TPSA) is 93.5 Å². The number of nitrogens with zero attached hydrogens (tertiary/aromatic N) is 3. The van der Waals surface area contributed by atoms with Gasteiger partial charge in [0.2, 0.25) is 0 Å². The summed E-state index contributed by atoms with van der Waals surface area (Å²) in [6, 6.07) is -1.04. The van der Waals surface area contributed by atoms with Crippen molar-refractivity contribution in [3.63, 3.8) is 0 Å². The van der Waals surface area contributed by atoms with Gasteiger partial charge in [-0.05, 0) is 0 Å². The number of carbonyl (C=O) groups is 2. The van der Waals surface area contributed by atoms with Gasteiger partial charge in [0.15, 0.2) is 0 Å². The second kappa shape index (κ2) is 7.06. The van der Waals surface area contributed by atoms with Gasteiger partial charge in [-0.3, -0.25) is 4.90 Å². The van der Waals surface area contributed by atoms with E-state index in [1.807, 2.05) is 0 Å². The molecule has 2 atom stereocenters. The van der Waals surface area contributed by atoms with Crippen molar-refractivity contribution in [3.05, 3.63) is 0 Å². The first kappa shape index (κ1) is 16.0. The molecule has 2 saturated heterocycles. The van der Waals surface area contributed by atoms with Gasteiger partial charge in [-0.1, -0.05) is 0 Å². The number of aliphatic carboxylic acids is 1. The molecule has 120 valence electrons. The zero-order valence-electron chi connectivity index (χ0n) is 12.3. The summed E-state index contributed by atoms with van der Waals surface area (Å²) in [5.41, 5.74) is 0. The number of urea groups is 1. The number of hydrogen-bond donors (Lipinski definition) is 2. The molecule has 0 bridgehead atoms. The van der Waals surface area contributed by atoms with E-state index in [1.54, 1.807) is 4.90 Å². The molecular formula is C13H23N3O5. The van der Waals surface area contributed by atoms with Crippen LogP contribution in [0.25, 0.3) is 0 Å². The number of carboxylic acids is 1. The van der Waals surface area contributed by atoms with Gasteiger partial charge in [-0.25, -0.2) is 9.59 Å². The molecule has 2 amide bonds. The predicted molar refractivity (Wildman–Crippen MR) is 74.0 cm³/mol. The van der Waals surface area contributed by atoms with Crippen LogP contribution in [-0.2, 0) is 9.53 Å². The van der Waals surface area contributed by atoms with Crippen molar-refractivity contribution in [1.29, 1.82) is 0 Å². The molecule has 2 fully saturated rings. The maximum Gasteiger partial charge on any atom is 0.326 e. The molecular weight excluding hydrogens is 278 g/mol. The molecule has 0 aromatic carbocycles. The quantitative estimate of drug-likeness (QED) is 0.684. The minimum Gasteiger partial charge on any atom is -0.480 e. The SMILES string of the molecule is COC1CC(C(=O)O)N(C(=O)N2CCN(CCO)CC2)C1. The standard InChI is InChI=1S/C13H23N3O5/c1-21-10-8-11(12(18)19)16(9-10)13(20)15-4-2-14(3-5-15)6-7-17/h10-11,17H,2-9H2,1H3,(H,18,19). The van der Waals surface area contributed by atoms with Crippen molar-refractivity contribution >= 4 is 12.0 Å². The molecule has 0 radical (unpaired) electrons. The number of amides is 2. The number of carboxylic acid groups (broad SMARTS) is 1. The highest BCUT2D eigenvalue weighted by Crippen LogP contribution is 2.22. The lowest BCUT2D eigenvalue weighted by Gasteiger charge is -2.37. The minimum absolute atomic E-state index is 0.108. The molecule has 0 aliphatic carbocycles. The van der Waals surface area contributed by atoms with Crippen LogP contribution in [0.15, 0.2) is 0 Å². The highest BCUT2D eigenvalue weighted by atomic mass is 16.5. The third kappa shape index (κ3) is 3.63. The zero-order chi connectivity index (χ0) is 15.4. The van der Waals surface area contributed by atoms with Gasteiger partial charge in [0.1, 0.15) is 6.04 Å². The largest absolute Gasteiger partial charge is 0.480 e. The lowest BCUT2D eigenvalue weighted by atomic mass is 10.2. The van der Waals surface area contributed by atoms with Crippen LogP contribution in [0.2, 0.25) is 0 Å². The second-order valence-corrected chi connectivity index (χ2v) is 5.43. The number of hydrogen-bond acceptors (Lipinski definition) is 5. The molecule has 2 aliphatic rings. The van der Waals surface area contributed by atoms with Crippen molar-refractivity contribution < 1.29 is 24.5 Å². The van der Waals surface area contributed by atoms with Crippen LogP contribution in [0.5, 0.6) is 0 Å². The molecule has 0 spiro atoms. The van der Waals surface area contributed by atoms with Crippen molar-refractivity contribution in [2.45, 2.75) is 18.6 Å². The van der Waals surface area contributed by atoms with Gasteiger partial charge in [0.25, 0.3) is 0 Å². The first-order valence-corrected chi connectivity index (χ1v) is 7.21. The van der Waals surface area contributed by atoms with Crippen LogP contribution >= 0.6 is 0 Å². The third-order valence-corrected chi connectivity index (χ3v) is 4.19. The summed E-state index contributed by atoms with van der Waals surface area (Å²) in [6.07, 6.45) is 0.118. The molecule has 21 heavy (non-hydrogen) atoms. The smallest absolute Gasteiger partial charge is 0.326 e. The van der Waals surface area contributed by atoms with Gasteiger partial charge in [-0.15, -0.1) is 0 Å². The number of likely N-dealkylation sites (tertiary alicyclic amines) is 1. The molecule has 8 nitrogen and oxygen atoms in total. The summed E-state index contributed by atoms with van der Waals surface area (Å²) < 4.78 is 5.20. The zero-order valence-corrected chi connectivity index (χ0v) is 12.3. The Bertz CT molecular complexity index is 384. The number of aliphatic hydroxyl groups is 1. The fraction of sp³-hybridized carbons (Fsp3) is 0.846. The number of β-amino-alcohol motifs (C(OH)–C–C–N with tert-alkyl or cyclic N) is 1. The highest BCUT2D eigenvalue weighted by Gasteiger charge is 2.41. The van der Waals surface area contributed by atoms with E-state index < -0.39 is 12.0 Å². The summed E-state index contributed by atoms with van der Waals surface area (Å²) in [4.78, 5) is 29.0. The van der Waals surface area contributed by atoms with E-state index in [9.17, 15) is 14.7 Å². The van der Waals surface area contributed by atoms with E-state index in [-0.39, 0.29) is 18.7 Å². The van der Waals surface area contributed by atoms with Crippen LogP contribution in [0, 0.1) is 0 Å². The fourth-order valence-corrected chi connectivity index (χ4v) is 2.90. The van der Waals surface area contributed by atoms with Crippen LogP contribution < -0.4 is 0 Å². The first-order chi connectivity index (χ1) is 10.1. The maximum absolute atomic E-state index is 12.5. The van der Waals surface area contributed by atoms with E-state index in [1.165, 1.54) is 12.0 Å². The number of methoxy groups -OCH3 is 1. The molecule has 2 rings (SSSR count). The predicted octanol–water partition coefficient (Wildman–Crippen LogP) is -1.11. The van der Waals surface area contributed by atoms with E-state index >= 15 is 0 Å². The number of piperazine rings is 1. The summed E-state index contributed by atoms with van der Waals surface area (Å²) in [5.74, 6) is -0.984. The highest BCUT2D eigenvalue weighted by molar-refractivity contribution is 5.83. The van der Waals surface area contributed by atoms with Crippen molar-refractivity contribution in [2.24, 2.45) is 0 Å². The normalized spacial score (nSPS) is 27.1. The number of aliphatic hydroxyl groups excluding tert-OH is 1. The number of rotatable bonds is 4. The molecule has 2 heterocycles. The van der Waals surface area contributed by atoms with Gasteiger partial charge < -0.3 is 24.7 Å². The fourth-order valence-electron chi connectivity index (χ4n) is 2.90. The number of ether oxygens (including phenoxy) is 1. The molecule has 2 aliphatic heterocycles. The van der Waals surface area contributed by atoms with Gasteiger partial charge >= 0.3 is 12.0 Å². The van der Waals surface area contributed by atoms with E-state index in [0.29, 0.717) is 45.7 Å². The summed E-state index contributed by atoms with van der Waals surface area (Å²) in [5, 5.41) is 18.2. The maximum atomic E-state index is 12.5. The second-order valence-electron chi connectivity index (χ2n) is 5.43. The molecule has 0 saturated carbocycles. The molecule has 2 unspecified atom stereocenters. The average molecular weight is 301 g/mol. The Labute approximate surface area is 123 Å². The van der Waals surface area contributed by atoms with Crippen molar-refractivity contribution in [1.82, 2.24) is 14.7 Å². The van der Waals surface area contributed by atoms with E-state index in [2.05, 4.69) is 4.90 Å². The van der Waals surface area contributed by atoms with Gasteiger partial charge in [0, 0.05) is 52.8 Å². The Hall–Kier alpha value is -1.38. The Morgan fingerprint density at radius 2 is 1.90 bits per heavy atom. The summed E-state index contributed by atoms with van der Waals surface area (Å²) in [7, 11) is 1.53. The molecule has 0 aromatic heterocycles. The average Bonchev–Trinajstić information content (AvgIpc) is 2.92. The van der Waals surface area contributed by atoms with E-state index in [0.717, 1.165) is 0 Å². The first-order valence-electron chi connectivity index (χ1n) is 7.21. The Morgan fingerprint density at radius 1 is 1.24 bits per heavy atom. The number of carbonyl (C=O) groups excluding carboxylic acids is 1. The molecule has 2 N–H and O–H groups in total. The van der Waals surface area contributed by atoms with Crippen molar-refractivity contribution in [2.75, 3.05) is 53.0 Å². The monoisotopic (exact) mass is 301 g/mol. The third-order valence-electron chi connectivity index (χ3n) is 4.19. The van der Waals surface area contributed by atoms with Gasteiger partial charge in [-0.2, -0.15) is 0 Å². The Balaban J connectivity index is 1.94. The van der Waals surface area contributed by atoms with Crippen LogP contribution in [0.1, 0.15) is 6.42 Å². The Morgan fingerprint density at radius 3 is 2.43 bits per heavy atom. The summed E-state index contributed by atoms with van der Waals surface area (Å²) in [6.45, 7) is 3.55. The van der Waals surface area contributed by atoms with Crippen LogP contribution in [-0.4, -0.2) is 102 Å². The van der Waals surface area contributed by atoms with Crippen LogP contribution in [0.4, 0.5) is 4.79 Å². The van der Waals surface area contributed by atoms with Crippen molar-refractivity contribution in [3.8, 4) is 0 Å². The molecule has 8 heteroatoms. The van der Waals surface area contributed by atoms with Gasteiger partial charge in [0.05, 0.1) is 12.7 Å².